The van der Waals surface area contributed by atoms with Crippen molar-refractivity contribution in [1.29, 1.82) is 0 Å². The molecule has 0 aromatic carbocycles. The second kappa shape index (κ2) is 5.49. The van der Waals surface area contributed by atoms with E-state index < -0.39 is 0 Å². The first-order valence-electron chi connectivity index (χ1n) is 8.11. The molecule has 2 heterocycles. The Morgan fingerprint density at radius 3 is 2.80 bits per heavy atom. The van der Waals surface area contributed by atoms with E-state index in [9.17, 15) is 0 Å². The first kappa shape index (κ1) is 14.1. The molecule has 2 fully saturated rings. The third kappa shape index (κ3) is 2.77. The molecule has 1 spiro atoms. The van der Waals surface area contributed by atoms with E-state index >= 15 is 0 Å². The summed E-state index contributed by atoms with van der Waals surface area (Å²) in [6.45, 7) is 9.97. The van der Waals surface area contributed by atoms with Crippen LogP contribution in [0.5, 0.6) is 0 Å². The average Bonchev–Trinajstić information content (AvgIpc) is 3.04. The van der Waals surface area contributed by atoms with Crippen molar-refractivity contribution < 1.29 is 0 Å². The minimum atomic E-state index is 0.396. The van der Waals surface area contributed by atoms with Crippen LogP contribution in [0.3, 0.4) is 0 Å². The summed E-state index contributed by atoms with van der Waals surface area (Å²) in [5, 5.41) is 8.52. The number of aromatic nitrogens is 2. The maximum absolute atomic E-state index is 4.71. The first-order valence-corrected chi connectivity index (χ1v) is 8.11. The first-order chi connectivity index (χ1) is 9.58. The van der Waals surface area contributed by atoms with Gasteiger partial charge in [0.25, 0.3) is 0 Å². The molecular weight excluding hydrogens is 248 g/mol. The predicted octanol–water partition coefficient (Wildman–Crippen LogP) is 2.57. The molecule has 1 saturated heterocycles. The highest BCUT2D eigenvalue weighted by Crippen LogP contribution is 2.33. The van der Waals surface area contributed by atoms with E-state index in [0.717, 1.165) is 13.1 Å². The molecule has 1 aliphatic carbocycles. The Balaban J connectivity index is 1.68. The molecule has 0 amide bonds. The summed E-state index contributed by atoms with van der Waals surface area (Å²) in [5.74, 6) is 0. The van der Waals surface area contributed by atoms with Crippen molar-refractivity contribution in [3.8, 4) is 0 Å². The maximum Gasteiger partial charge on any atom is 0.0765 e. The maximum atomic E-state index is 4.71. The fourth-order valence-corrected chi connectivity index (χ4v) is 3.65. The summed E-state index contributed by atoms with van der Waals surface area (Å²) in [5.41, 5.74) is 1.60. The molecule has 1 N–H and O–H groups in total. The lowest BCUT2D eigenvalue weighted by Crippen LogP contribution is -2.62. The fraction of sp³-hybridized carbons (Fsp3) is 0.812. The van der Waals surface area contributed by atoms with Crippen LogP contribution in [0, 0.1) is 0 Å². The van der Waals surface area contributed by atoms with Crippen LogP contribution in [0.1, 0.15) is 58.2 Å². The van der Waals surface area contributed by atoms with Gasteiger partial charge in [-0.3, -0.25) is 9.58 Å². The monoisotopic (exact) mass is 276 g/mol. The van der Waals surface area contributed by atoms with Crippen LogP contribution in [0.2, 0.25) is 0 Å². The Morgan fingerprint density at radius 2 is 2.15 bits per heavy atom. The smallest absolute Gasteiger partial charge is 0.0765 e. The molecule has 1 unspecified atom stereocenters. The van der Waals surface area contributed by atoms with Gasteiger partial charge in [0.05, 0.1) is 5.69 Å². The molecule has 1 saturated carbocycles. The number of nitrogens with zero attached hydrogens (tertiary/aromatic N) is 3. The summed E-state index contributed by atoms with van der Waals surface area (Å²) < 4.78 is 2.06. The lowest BCUT2D eigenvalue weighted by atomic mass is 9.92. The summed E-state index contributed by atoms with van der Waals surface area (Å²) in [7, 11) is 0. The van der Waals surface area contributed by atoms with Gasteiger partial charge in [-0.2, -0.15) is 5.10 Å². The van der Waals surface area contributed by atoms with Crippen molar-refractivity contribution in [2.24, 2.45) is 0 Å². The minimum Gasteiger partial charge on any atom is -0.308 e. The molecular formula is C16H28N4. The number of hydrogen-bond acceptors (Lipinski definition) is 3. The molecule has 2 aliphatic rings. The topological polar surface area (TPSA) is 33.1 Å². The highest BCUT2D eigenvalue weighted by molar-refractivity contribution is 5.04. The summed E-state index contributed by atoms with van der Waals surface area (Å²) in [6.07, 6.45) is 7.57. The zero-order valence-electron chi connectivity index (χ0n) is 13.1. The Hall–Kier alpha value is -0.870. The molecule has 4 heteroatoms. The molecule has 1 aromatic rings. The number of hydrogen-bond donors (Lipinski definition) is 1. The zero-order chi connectivity index (χ0) is 14.2. The quantitative estimate of drug-likeness (QED) is 0.921. The molecule has 0 bridgehead atoms. The van der Waals surface area contributed by atoms with Crippen molar-refractivity contribution in [2.45, 2.75) is 70.6 Å². The van der Waals surface area contributed by atoms with Crippen LogP contribution in [-0.2, 0) is 6.54 Å². The molecule has 4 nitrogen and oxygen atoms in total. The van der Waals surface area contributed by atoms with Gasteiger partial charge in [0.15, 0.2) is 0 Å². The predicted molar refractivity (Wildman–Crippen MR) is 81.7 cm³/mol. The Bertz CT molecular complexity index is 445. The largest absolute Gasteiger partial charge is 0.308 e. The molecule has 112 valence electrons. The van der Waals surface area contributed by atoms with Crippen LogP contribution in [0.15, 0.2) is 12.3 Å². The van der Waals surface area contributed by atoms with E-state index in [1.54, 1.807) is 0 Å². The standard InChI is InChI=1S/C16H28N4/c1-13(2)20-9-6-15(18-20)11-19-12-16(7-4-5-8-16)17-10-14(19)3/h6,9,13-14,17H,4-5,7-8,10-12H2,1-3H3. The SMILES string of the molecule is CC1CNC2(CCCC2)CN1Cc1ccn(C(C)C)n1. The van der Waals surface area contributed by atoms with Crippen molar-refractivity contribution >= 4 is 0 Å². The molecule has 20 heavy (non-hydrogen) atoms. The second-order valence-corrected chi connectivity index (χ2v) is 7.00. The Kier molecular flexibility index (Phi) is 3.87. The molecule has 1 aromatic heterocycles. The van der Waals surface area contributed by atoms with Gasteiger partial charge in [0.1, 0.15) is 0 Å². The van der Waals surface area contributed by atoms with Gasteiger partial charge in [-0.15, -0.1) is 0 Å². The van der Waals surface area contributed by atoms with Crippen LogP contribution >= 0.6 is 0 Å². The van der Waals surface area contributed by atoms with E-state index in [0.29, 0.717) is 17.6 Å². The van der Waals surface area contributed by atoms with E-state index in [4.69, 9.17) is 5.10 Å². The van der Waals surface area contributed by atoms with E-state index in [1.165, 1.54) is 37.9 Å². The Labute approximate surface area is 122 Å². The number of piperazine rings is 1. The number of rotatable bonds is 3. The lowest BCUT2D eigenvalue weighted by Gasteiger charge is -2.45. The summed E-state index contributed by atoms with van der Waals surface area (Å²) in [6, 6.07) is 3.23. The third-order valence-corrected chi connectivity index (χ3v) is 5.02. The van der Waals surface area contributed by atoms with Crippen LogP contribution in [-0.4, -0.2) is 39.4 Å². The number of nitrogens with one attached hydrogen (secondary N) is 1. The average molecular weight is 276 g/mol. The lowest BCUT2D eigenvalue weighted by molar-refractivity contribution is 0.0813. The second-order valence-electron chi connectivity index (χ2n) is 7.00. The molecule has 0 radical (unpaired) electrons. The summed E-state index contributed by atoms with van der Waals surface area (Å²) in [4.78, 5) is 2.62. The summed E-state index contributed by atoms with van der Waals surface area (Å²) >= 11 is 0. The Morgan fingerprint density at radius 1 is 1.40 bits per heavy atom. The van der Waals surface area contributed by atoms with Gasteiger partial charge in [-0.25, -0.2) is 0 Å². The van der Waals surface area contributed by atoms with Gasteiger partial charge in [0.2, 0.25) is 0 Å². The van der Waals surface area contributed by atoms with Crippen molar-refractivity contribution in [2.75, 3.05) is 13.1 Å². The molecule has 1 atom stereocenters. The van der Waals surface area contributed by atoms with Gasteiger partial charge in [-0.05, 0) is 39.7 Å². The molecule has 1 aliphatic heterocycles. The highest BCUT2D eigenvalue weighted by Gasteiger charge is 2.39. The van der Waals surface area contributed by atoms with Crippen LogP contribution < -0.4 is 5.32 Å². The normalized spacial score (nSPS) is 26.7. The highest BCUT2D eigenvalue weighted by atomic mass is 15.3. The van der Waals surface area contributed by atoms with Gasteiger partial charge >= 0.3 is 0 Å². The van der Waals surface area contributed by atoms with Gasteiger partial charge in [0, 0.05) is 43.5 Å². The van der Waals surface area contributed by atoms with Crippen molar-refractivity contribution in [3.63, 3.8) is 0 Å². The van der Waals surface area contributed by atoms with Crippen LogP contribution in [0.25, 0.3) is 0 Å². The van der Waals surface area contributed by atoms with Gasteiger partial charge < -0.3 is 5.32 Å². The van der Waals surface area contributed by atoms with Crippen molar-refractivity contribution in [1.82, 2.24) is 20.0 Å². The zero-order valence-corrected chi connectivity index (χ0v) is 13.1. The van der Waals surface area contributed by atoms with Gasteiger partial charge in [-0.1, -0.05) is 12.8 Å². The van der Waals surface area contributed by atoms with E-state index in [2.05, 4.69) is 47.9 Å². The minimum absolute atomic E-state index is 0.396. The van der Waals surface area contributed by atoms with E-state index in [-0.39, 0.29) is 0 Å². The van der Waals surface area contributed by atoms with Crippen molar-refractivity contribution in [3.05, 3.63) is 18.0 Å². The third-order valence-electron chi connectivity index (χ3n) is 5.02. The fourth-order valence-electron chi connectivity index (χ4n) is 3.65. The van der Waals surface area contributed by atoms with E-state index in [1.807, 2.05) is 0 Å². The van der Waals surface area contributed by atoms with Crippen LogP contribution in [0.4, 0.5) is 0 Å². The molecule has 3 rings (SSSR count).